The van der Waals surface area contributed by atoms with Crippen LogP contribution in [0.4, 0.5) is 5.69 Å². The lowest BCUT2D eigenvalue weighted by molar-refractivity contribution is -0.117. The van der Waals surface area contributed by atoms with E-state index in [-0.39, 0.29) is 11.8 Å². The van der Waals surface area contributed by atoms with Crippen LogP contribution in [0.3, 0.4) is 0 Å². The lowest BCUT2D eigenvalue weighted by Gasteiger charge is -2.15. The van der Waals surface area contributed by atoms with Crippen molar-refractivity contribution >= 4 is 23.6 Å². The van der Waals surface area contributed by atoms with Gasteiger partial charge in [0.1, 0.15) is 11.5 Å². The van der Waals surface area contributed by atoms with Crippen molar-refractivity contribution < 1.29 is 19.1 Å². The molecular formula is C22H24N2O4. The predicted octanol–water partition coefficient (Wildman–Crippen LogP) is 3.16. The summed E-state index contributed by atoms with van der Waals surface area (Å²) in [6.45, 7) is 1.10. The third kappa shape index (κ3) is 4.71. The van der Waals surface area contributed by atoms with Crippen LogP contribution in [0.1, 0.15) is 24.0 Å². The van der Waals surface area contributed by atoms with Crippen molar-refractivity contribution in [2.45, 2.75) is 19.4 Å². The first-order valence-corrected chi connectivity index (χ1v) is 9.18. The highest BCUT2D eigenvalue weighted by atomic mass is 16.5. The molecule has 0 aromatic heterocycles. The minimum absolute atomic E-state index is 0.163. The monoisotopic (exact) mass is 380 g/mol. The van der Waals surface area contributed by atoms with E-state index in [4.69, 9.17) is 9.47 Å². The zero-order chi connectivity index (χ0) is 19.9. The number of benzene rings is 2. The maximum atomic E-state index is 12.1. The van der Waals surface area contributed by atoms with Gasteiger partial charge < -0.3 is 19.7 Å². The Balaban J connectivity index is 1.57. The van der Waals surface area contributed by atoms with Gasteiger partial charge in [-0.25, -0.2) is 0 Å². The summed E-state index contributed by atoms with van der Waals surface area (Å²) in [4.78, 5) is 25.7. The number of nitrogens with zero attached hydrogens (tertiary/aromatic N) is 1. The zero-order valence-corrected chi connectivity index (χ0v) is 16.1. The summed E-state index contributed by atoms with van der Waals surface area (Å²) >= 11 is 0. The summed E-state index contributed by atoms with van der Waals surface area (Å²) in [6.07, 6.45) is 4.75. The molecular weight excluding hydrogens is 356 g/mol. The smallest absolute Gasteiger partial charge is 0.244 e. The second-order valence-corrected chi connectivity index (χ2v) is 6.47. The van der Waals surface area contributed by atoms with E-state index >= 15 is 0 Å². The van der Waals surface area contributed by atoms with Gasteiger partial charge in [-0.2, -0.15) is 0 Å². The average Bonchev–Trinajstić information content (AvgIpc) is 3.16. The fraction of sp³-hybridized carbons (Fsp3) is 0.273. The molecule has 6 heteroatoms. The van der Waals surface area contributed by atoms with E-state index in [0.29, 0.717) is 24.5 Å². The van der Waals surface area contributed by atoms with Crippen LogP contribution in [0.25, 0.3) is 6.08 Å². The molecule has 1 heterocycles. The Kier molecular flexibility index (Phi) is 6.32. The minimum Gasteiger partial charge on any atom is -0.497 e. The molecule has 1 aliphatic rings. The fourth-order valence-corrected chi connectivity index (χ4v) is 3.12. The largest absolute Gasteiger partial charge is 0.497 e. The van der Waals surface area contributed by atoms with Crippen molar-refractivity contribution in [2.75, 3.05) is 25.7 Å². The van der Waals surface area contributed by atoms with Gasteiger partial charge in [-0.1, -0.05) is 12.1 Å². The second-order valence-electron chi connectivity index (χ2n) is 6.47. The second kappa shape index (κ2) is 9.08. The van der Waals surface area contributed by atoms with Gasteiger partial charge in [-0.05, 0) is 48.4 Å². The molecule has 1 aliphatic heterocycles. The normalized spacial score (nSPS) is 13.8. The molecule has 6 nitrogen and oxygen atoms in total. The van der Waals surface area contributed by atoms with Crippen LogP contribution >= 0.6 is 0 Å². The molecule has 0 spiro atoms. The molecule has 0 unspecified atom stereocenters. The minimum atomic E-state index is -0.205. The van der Waals surface area contributed by atoms with E-state index in [2.05, 4.69) is 5.32 Å². The van der Waals surface area contributed by atoms with Crippen LogP contribution in [0.2, 0.25) is 0 Å². The molecule has 0 radical (unpaired) electrons. The molecule has 1 fully saturated rings. The van der Waals surface area contributed by atoms with Crippen LogP contribution in [-0.4, -0.2) is 32.6 Å². The summed E-state index contributed by atoms with van der Waals surface area (Å²) < 4.78 is 10.5. The Morgan fingerprint density at radius 1 is 1.14 bits per heavy atom. The van der Waals surface area contributed by atoms with Crippen LogP contribution in [0.15, 0.2) is 48.5 Å². The molecule has 0 aliphatic carbocycles. The standard InChI is InChI=1S/C22H24N2O4/c1-27-19-10-11-20(28-2)17(14-19)15-23-21(25)12-7-16-5-8-18(9-6-16)24-13-3-4-22(24)26/h5-12,14H,3-4,13,15H2,1-2H3,(H,23,25)/b12-7+. The van der Waals surface area contributed by atoms with Gasteiger partial charge in [0.2, 0.25) is 11.8 Å². The maximum Gasteiger partial charge on any atom is 0.244 e. The van der Waals surface area contributed by atoms with Crippen LogP contribution in [0, 0.1) is 0 Å². The summed E-state index contributed by atoms with van der Waals surface area (Å²) in [7, 11) is 3.18. The molecule has 2 aromatic carbocycles. The van der Waals surface area contributed by atoms with Crippen molar-refractivity contribution in [3.05, 3.63) is 59.7 Å². The number of amides is 2. The number of carbonyl (C=O) groups is 2. The van der Waals surface area contributed by atoms with Crippen LogP contribution in [0.5, 0.6) is 11.5 Å². The number of anilines is 1. The Morgan fingerprint density at radius 2 is 1.93 bits per heavy atom. The lowest BCUT2D eigenvalue weighted by atomic mass is 10.1. The number of hydrogen-bond acceptors (Lipinski definition) is 4. The van der Waals surface area contributed by atoms with E-state index in [1.54, 1.807) is 25.2 Å². The molecule has 146 valence electrons. The molecule has 0 saturated carbocycles. The molecule has 28 heavy (non-hydrogen) atoms. The summed E-state index contributed by atoms with van der Waals surface area (Å²) in [5.41, 5.74) is 2.63. The number of ether oxygens (including phenoxy) is 2. The number of carbonyl (C=O) groups excluding carboxylic acids is 2. The van der Waals surface area contributed by atoms with Crippen LogP contribution in [-0.2, 0) is 16.1 Å². The van der Waals surface area contributed by atoms with E-state index in [1.807, 2.05) is 42.5 Å². The number of hydrogen-bond donors (Lipinski definition) is 1. The van der Waals surface area contributed by atoms with Crippen molar-refractivity contribution in [1.29, 1.82) is 0 Å². The van der Waals surface area contributed by atoms with Gasteiger partial charge in [0.25, 0.3) is 0 Å². The Labute approximate surface area is 164 Å². The number of rotatable bonds is 7. The molecule has 3 rings (SSSR count). The fourth-order valence-electron chi connectivity index (χ4n) is 3.12. The SMILES string of the molecule is COc1ccc(OC)c(CNC(=O)/C=C/c2ccc(N3CCCC3=O)cc2)c1. The Bertz CT molecular complexity index is 875. The summed E-state index contributed by atoms with van der Waals surface area (Å²) in [5.74, 6) is 1.36. The van der Waals surface area contributed by atoms with E-state index in [1.165, 1.54) is 6.08 Å². The molecule has 1 N–H and O–H groups in total. The average molecular weight is 380 g/mol. The van der Waals surface area contributed by atoms with Crippen LogP contribution < -0.4 is 19.7 Å². The molecule has 1 saturated heterocycles. The Morgan fingerprint density at radius 3 is 2.57 bits per heavy atom. The van der Waals surface area contributed by atoms with Gasteiger partial charge in [-0.15, -0.1) is 0 Å². The van der Waals surface area contributed by atoms with Gasteiger partial charge in [0.05, 0.1) is 14.2 Å². The van der Waals surface area contributed by atoms with E-state index in [0.717, 1.165) is 29.8 Å². The molecule has 0 atom stereocenters. The van der Waals surface area contributed by atoms with Gasteiger partial charge in [0.15, 0.2) is 0 Å². The zero-order valence-electron chi connectivity index (χ0n) is 16.1. The first-order chi connectivity index (χ1) is 13.6. The third-order valence-electron chi connectivity index (χ3n) is 4.65. The van der Waals surface area contributed by atoms with Crippen molar-refractivity contribution in [3.8, 4) is 11.5 Å². The molecule has 2 amide bonds. The number of methoxy groups -OCH3 is 2. The van der Waals surface area contributed by atoms with Crippen molar-refractivity contribution in [1.82, 2.24) is 5.32 Å². The topological polar surface area (TPSA) is 67.9 Å². The first kappa shape index (κ1) is 19.5. The van der Waals surface area contributed by atoms with Gasteiger partial charge in [-0.3, -0.25) is 9.59 Å². The van der Waals surface area contributed by atoms with Crippen molar-refractivity contribution in [3.63, 3.8) is 0 Å². The van der Waals surface area contributed by atoms with E-state index < -0.39 is 0 Å². The highest BCUT2D eigenvalue weighted by molar-refractivity contribution is 5.95. The van der Waals surface area contributed by atoms with Gasteiger partial charge >= 0.3 is 0 Å². The third-order valence-corrected chi connectivity index (χ3v) is 4.65. The van der Waals surface area contributed by atoms with Gasteiger partial charge in [0, 0.05) is 36.8 Å². The Hall–Kier alpha value is -3.28. The van der Waals surface area contributed by atoms with E-state index in [9.17, 15) is 9.59 Å². The van der Waals surface area contributed by atoms with Crippen molar-refractivity contribution in [2.24, 2.45) is 0 Å². The summed E-state index contributed by atoms with van der Waals surface area (Å²) in [5, 5.41) is 2.84. The summed E-state index contributed by atoms with van der Waals surface area (Å²) in [6, 6.07) is 13.1. The highest BCUT2D eigenvalue weighted by Gasteiger charge is 2.21. The molecule has 2 aromatic rings. The first-order valence-electron chi connectivity index (χ1n) is 9.18. The predicted molar refractivity (Wildman–Crippen MR) is 108 cm³/mol. The lowest BCUT2D eigenvalue weighted by Crippen LogP contribution is -2.23. The quantitative estimate of drug-likeness (QED) is 0.750. The maximum absolute atomic E-state index is 12.1. The number of nitrogens with one attached hydrogen (secondary N) is 1. The highest BCUT2D eigenvalue weighted by Crippen LogP contribution is 2.24. The molecule has 0 bridgehead atoms.